The van der Waals surface area contributed by atoms with Crippen LogP contribution in [-0.2, 0) is 4.74 Å². The Balaban J connectivity index is 1.49. The van der Waals surface area contributed by atoms with Crippen LogP contribution in [0.15, 0.2) is 55.0 Å². The number of carbonyl (C=O) groups excluding carboxylic acids is 1. The predicted octanol–water partition coefficient (Wildman–Crippen LogP) is 3.01. The number of aryl methyl sites for hydroxylation is 1. The number of hydrogen-bond donors (Lipinski definition) is 2. The maximum absolute atomic E-state index is 12.8. The summed E-state index contributed by atoms with van der Waals surface area (Å²) in [4.78, 5) is 27.6. The van der Waals surface area contributed by atoms with E-state index >= 15 is 0 Å². The van der Waals surface area contributed by atoms with Crippen LogP contribution in [0.2, 0.25) is 0 Å². The summed E-state index contributed by atoms with van der Waals surface area (Å²) < 4.78 is 5.38. The highest BCUT2D eigenvalue weighted by Gasteiger charge is 2.15. The molecule has 1 aliphatic rings. The number of rotatable bonds is 5. The number of carbonyl (C=O) groups is 1. The van der Waals surface area contributed by atoms with E-state index < -0.39 is 0 Å². The molecule has 0 spiro atoms. The van der Waals surface area contributed by atoms with Gasteiger partial charge in [0.1, 0.15) is 5.82 Å². The van der Waals surface area contributed by atoms with Crippen LogP contribution < -0.4 is 15.5 Å². The molecule has 8 nitrogen and oxygen atoms in total. The van der Waals surface area contributed by atoms with Crippen molar-refractivity contribution in [1.82, 2.24) is 15.0 Å². The zero-order chi connectivity index (χ0) is 20.1. The highest BCUT2D eigenvalue weighted by atomic mass is 16.5. The summed E-state index contributed by atoms with van der Waals surface area (Å²) in [5, 5.41) is 6.13. The first-order chi connectivity index (χ1) is 14.2. The topological polar surface area (TPSA) is 92.3 Å². The van der Waals surface area contributed by atoms with Crippen molar-refractivity contribution in [2.45, 2.75) is 6.92 Å². The number of anilines is 4. The third-order valence-corrected chi connectivity index (χ3v) is 4.65. The van der Waals surface area contributed by atoms with E-state index in [-0.39, 0.29) is 5.91 Å². The van der Waals surface area contributed by atoms with Gasteiger partial charge in [-0.1, -0.05) is 6.07 Å². The SMILES string of the molecule is Cc1ccc(NC(=O)c2ccnc(N3CCOCC3)c2)cc1Nc1ncccn1. The fourth-order valence-corrected chi connectivity index (χ4v) is 3.05. The Morgan fingerprint density at radius 1 is 1.03 bits per heavy atom. The van der Waals surface area contributed by atoms with Crippen LogP contribution in [0, 0.1) is 6.92 Å². The maximum Gasteiger partial charge on any atom is 0.255 e. The van der Waals surface area contributed by atoms with Gasteiger partial charge in [0, 0.05) is 48.6 Å². The van der Waals surface area contributed by atoms with Crippen molar-refractivity contribution in [3.63, 3.8) is 0 Å². The molecule has 0 atom stereocenters. The van der Waals surface area contributed by atoms with Crippen LogP contribution in [0.1, 0.15) is 15.9 Å². The number of pyridine rings is 1. The molecule has 0 aliphatic carbocycles. The molecule has 2 aromatic heterocycles. The lowest BCUT2D eigenvalue weighted by Crippen LogP contribution is -2.36. The average molecular weight is 390 g/mol. The number of nitrogens with zero attached hydrogens (tertiary/aromatic N) is 4. The first-order valence-corrected chi connectivity index (χ1v) is 9.44. The number of benzene rings is 1. The summed E-state index contributed by atoms with van der Waals surface area (Å²) >= 11 is 0. The Hall–Kier alpha value is -3.52. The van der Waals surface area contributed by atoms with E-state index in [9.17, 15) is 4.79 Å². The summed E-state index contributed by atoms with van der Waals surface area (Å²) in [6.45, 7) is 4.86. The lowest BCUT2D eigenvalue weighted by atomic mass is 10.1. The van der Waals surface area contributed by atoms with E-state index in [1.807, 2.05) is 31.2 Å². The second kappa shape index (κ2) is 8.66. The fraction of sp³-hybridized carbons (Fsp3) is 0.238. The van der Waals surface area contributed by atoms with Crippen LogP contribution in [-0.4, -0.2) is 47.2 Å². The van der Waals surface area contributed by atoms with Crippen LogP contribution in [0.3, 0.4) is 0 Å². The van der Waals surface area contributed by atoms with Crippen molar-refractivity contribution in [2.75, 3.05) is 41.8 Å². The molecule has 8 heteroatoms. The van der Waals surface area contributed by atoms with Crippen molar-refractivity contribution in [3.8, 4) is 0 Å². The van der Waals surface area contributed by atoms with Gasteiger partial charge in [-0.25, -0.2) is 15.0 Å². The standard InChI is InChI=1S/C21H22N6O2/c1-15-3-4-17(14-18(15)26-21-23-6-2-7-24-21)25-20(28)16-5-8-22-19(13-16)27-9-11-29-12-10-27/h2-8,13-14H,9-12H2,1H3,(H,25,28)(H,23,24,26). The molecule has 1 aliphatic heterocycles. The molecular weight excluding hydrogens is 368 g/mol. The number of hydrogen-bond acceptors (Lipinski definition) is 7. The van der Waals surface area contributed by atoms with Crippen LogP contribution in [0.4, 0.5) is 23.1 Å². The lowest BCUT2D eigenvalue weighted by molar-refractivity contribution is 0.102. The second-order valence-electron chi connectivity index (χ2n) is 6.68. The minimum Gasteiger partial charge on any atom is -0.378 e. The van der Waals surface area contributed by atoms with Gasteiger partial charge in [0.2, 0.25) is 5.95 Å². The lowest BCUT2D eigenvalue weighted by Gasteiger charge is -2.27. The van der Waals surface area contributed by atoms with Gasteiger partial charge in [-0.15, -0.1) is 0 Å². The van der Waals surface area contributed by atoms with Crippen LogP contribution in [0.25, 0.3) is 0 Å². The zero-order valence-electron chi connectivity index (χ0n) is 16.1. The molecule has 4 rings (SSSR count). The van der Waals surface area contributed by atoms with Crippen molar-refractivity contribution in [2.24, 2.45) is 0 Å². The summed E-state index contributed by atoms with van der Waals surface area (Å²) in [6, 6.07) is 11.0. The average Bonchev–Trinajstić information content (AvgIpc) is 2.77. The molecule has 1 aromatic carbocycles. The number of nitrogens with one attached hydrogen (secondary N) is 2. The molecule has 1 amide bonds. The Labute approximate surface area is 169 Å². The first kappa shape index (κ1) is 18.8. The molecular formula is C21H22N6O2. The molecule has 3 heterocycles. The van der Waals surface area contributed by atoms with Crippen molar-refractivity contribution < 1.29 is 9.53 Å². The number of ether oxygens (including phenoxy) is 1. The number of morpholine rings is 1. The van der Waals surface area contributed by atoms with E-state index in [2.05, 4.69) is 30.5 Å². The minimum atomic E-state index is -0.187. The van der Waals surface area contributed by atoms with Gasteiger partial charge in [-0.3, -0.25) is 4.79 Å². The molecule has 1 fully saturated rings. The summed E-state index contributed by atoms with van der Waals surface area (Å²) in [6.07, 6.45) is 5.01. The van der Waals surface area contributed by atoms with Gasteiger partial charge in [-0.05, 0) is 42.8 Å². The molecule has 148 valence electrons. The molecule has 2 N–H and O–H groups in total. The van der Waals surface area contributed by atoms with E-state index in [0.29, 0.717) is 30.4 Å². The first-order valence-electron chi connectivity index (χ1n) is 9.44. The Morgan fingerprint density at radius 3 is 2.62 bits per heavy atom. The van der Waals surface area contributed by atoms with Crippen LogP contribution >= 0.6 is 0 Å². The summed E-state index contributed by atoms with van der Waals surface area (Å²) in [7, 11) is 0. The largest absolute Gasteiger partial charge is 0.378 e. The summed E-state index contributed by atoms with van der Waals surface area (Å²) in [5.41, 5.74) is 3.10. The van der Waals surface area contributed by atoms with Crippen LogP contribution in [0.5, 0.6) is 0 Å². The molecule has 1 saturated heterocycles. The number of aromatic nitrogens is 3. The van der Waals surface area contributed by atoms with Gasteiger partial charge in [0.25, 0.3) is 5.91 Å². The van der Waals surface area contributed by atoms with Gasteiger partial charge in [-0.2, -0.15) is 0 Å². The Morgan fingerprint density at radius 2 is 1.83 bits per heavy atom. The van der Waals surface area contributed by atoms with Crippen molar-refractivity contribution >= 4 is 29.0 Å². The summed E-state index contributed by atoms with van der Waals surface area (Å²) in [5.74, 6) is 1.10. The molecule has 0 saturated carbocycles. The molecule has 29 heavy (non-hydrogen) atoms. The van der Waals surface area contributed by atoms with E-state index in [4.69, 9.17) is 4.74 Å². The fourth-order valence-electron chi connectivity index (χ4n) is 3.05. The third kappa shape index (κ3) is 4.67. The predicted molar refractivity (Wildman–Crippen MR) is 112 cm³/mol. The van der Waals surface area contributed by atoms with Gasteiger partial charge < -0.3 is 20.3 Å². The normalized spacial score (nSPS) is 13.8. The Bertz CT molecular complexity index is 989. The van der Waals surface area contributed by atoms with E-state index in [0.717, 1.165) is 30.2 Å². The van der Waals surface area contributed by atoms with Crippen molar-refractivity contribution in [1.29, 1.82) is 0 Å². The Kier molecular flexibility index (Phi) is 5.62. The second-order valence-corrected chi connectivity index (χ2v) is 6.68. The van der Waals surface area contributed by atoms with E-state index in [1.54, 1.807) is 30.7 Å². The highest BCUT2D eigenvalue weighted by Crippen LogP contribution is 2.23. The van der Waals surface area contributed by atoms with Crippen molar-refractivity contribution in [3.05, 3.63) is 66.1 Å². The number of amides is 1. The molecule has 0 bridgehead atoms. The molecule has 0 unspecified atom stereocenters. The van der Waals surface area contributed by atoms with Gasteiger partial charge in [0.05, 0.1) is 13.2 Å². The quantitative estimate of drug-likeness (QED) is 0.692. The molecule has 3 aromatic rings. The van der Waals surface area contributed by atoms with Gasteiger partial charge >= 0.3 is 0 Å². The maximum atomic E-state index is 12.8. The zero-order valence-corrected chi connectivity index (χ0v) is 16.1. The van der Waals surface area contributed by atoms with Gasteiger partial charge in [0.15, 0.2) is 0 Å². The smallest absolute Gasteiger partial charge is 0.255 e. The monoisotopic (exact) mass is 390 g/mol. The highest BCUT2D eigenvalue weighted by molar-refractivity contribution is 6.04. The van der Waals surface area contributed by atoms with E-state index in [1.165, 1.54) is 0 Å². The molecule has 0 radical (unpaired) electrons. The third-order valence-electron chi connectivity index (χ3n) is 4.65. The minimum absolute atomic E-state index is 0.187.